The largest absolute Gasteiger partial charge is 0.309 e. The standard InChI is InChI=1S/C27H33FN8O2S/c1-16-10-25(35(4)34-16)32-26-33-30-15-36(26)23-7-5-6-18-19(23)12-24(39(37,38)31-14-27(2,3)28)20-11-22(17-8-9-17)29-13-21(18)20/h10-13,15,17,23,31H,5-9,14H2,1-4H3,(H,32,33). The summed E-state index contributed by atoms with van der Waals surface area (Å²) in [4.78, 5) is 4.88. The molecule has 10 nitrogen and oxygen atoms in total. The van der Waals surface area contributed by atoms with Crippen molar-refractivity contribution in [3.63, 3.8) is 0 Å². The minimum Gasteiger partial charge on any atom is -0.309 e. The molecule has 6 rings (SSSR count). The fraction of sp³-hybridized carbons (Fsp3) is 0.481. The average Bonchev–Trinajstić information content (AvgIpc) is 3.56. The normalized spacial score (nSPS) is 17.9. The molecule has 3 heterocycles. The zero-order valence-electron chi connectivity index (χ0n) is 22.6. The Morgan fingerprint density at radius 2 is 1.95 bits per heavy atom. The number of anilines is 2. The van der Waals surface area contributed by atoms with Crippen LogP contribution in [0.15, 0.2) is 35.6 Å². The number of halogens is 1. The number of hydrogen-bond acceptors (Lipinski definition) is 7. The Hall–Kier alpha value is -3.38. The topological polar surface area (TPSA) is 120 Å². The number of aromatic nitrogens is 6. The van der Waals surface area contributed by atoms with Gasteiger partial charge in [0.2, 0.25) is 16.0 Å². The lowest BCUT2D eigenvalue weighted by Crippen LogP contribution is -2.35. The van der Waals surface area contributed by atoms with Crippen molar-refractivity contribution in [2.24, 2.45) is 7.05 Å². The number of fused-ring (bicyclic) bond motifs is 3. The van der Waals surface area contributed by atoms with Crippen molar-refractivity contribution in [3.8, 4) is 0 Å². The van der Waals surface area contributed by atoms with E-state index in [1.807, 2.05) is 36.9 Å². The maximum absolute atomic E-state index is 14.3. The number of nitrogens with one attached hydrogen (secondary N) is 2. The molecule has 0 saturated heterocycles. The van der Waals surface area contributed by atoms with Gasteiger partial charge in [-0.25, -0.2) is 17.5 Å². The number of sulfonamides is 1. The van der Waals surface area contributed by atoms with Crippen LogP contribution >= 0.6 is 0 Å². The Bertz CT molecular complexity index is 1670. The first-order valence-electron chi connectivity index (χ1n) is 13.3. The van der Waals surface area contributed by atoms with Gasteiger partial charge in [0.15, 0.2) is 0 Å². The Morgan fingerprint density at radius 1 is 1.15 bits per heavy atom. The second-order valence-corrected chi connectivity index (χ2v) is 13.0. The summed E-state index contributed by atoms with van der Waals surface area (Å²) in [5.41, 5.74) is 2.06. The number of benzene rings is 1. The average molecular weight is 553 g/mol. The van der Waals surface area contributed by atoms with Crippen LogP contribution < -0.4 is 10.0 Å². The van der Waals surface area contributed by atoms with E-state index >= 15 is 0 Å². The summed E-state index contributed by atoms with van der Waals surface area (Å²) < 4.78 is 47.9. The van der Waals surface area contributed by atoms with Crippen LogP contribution in [0.2, 0.25) is 0 Å². The van der Waals surface area contributed by atoms with Gasteiger partial charge in [-0.3, -0.25) is 14.2 Å². The highest BCUT2D eigenvalue weighted by molar-refractivity contribution is 7.89. The second-order valence-electron chi connectivity index (χ2n) is 11.3. The smallest absolute Gasteiger partial charge is 0.241 e. The summed E-state index contributed by atoms with van der Waals surface area (Å²) in [6, 6.07) is 5.42. The quantitative estimate of drug-likeness (QED) is 0.332. The van der Waals surface area contributed by atoms with E-state index in [-0.39, 0.29) is 17.5 Å². The molecule has 0 radical (unpaired) electrons. The van der Waals surface area contributed by atoms with E-state index in [1.54, 1.807) is 17.1 Å². The number of alkyl halides is 1. The number of pyridine rings is 1. The minimum atomic E-state index is -4.01. The molecule has 0 amide bonds. The lowest BCUT2D eigenvalue weighted by Gasteiger charge is -2.29. The van der Waals surface area contributed by atoms with Gasteiger partial charge < -0.3 is 5.32 Å². The molecule has 2 aliphatic rings. The van der Waals surface area contributed by atoms with Gasteiger partial charge in [0.25, 0.3) is 0 Å². The molecule has 206 valence electrons. The Kier molecular flexibility index (Phi) is 6.22. The molecule has 4 aromatic rings. The maximum Gasteiger partial charge on any atom is 0.241 e. The summed E-state index contributed by atoms with van der Waals surface area (Å²) in [6.45, 7) is 4.31. The van der Waals surface area contributed by atoms with Gasteiger partial charge in [-0.1, -0.05) is 0 Å². The molecule has 2 aliphatic carbocycles. The van der Waals surface area contributed by atoms with E-state index in [0.29, 0.717) is 17.3 Å². The van der Waals surface area contributed by atoms with Crippen molar-refractivity contribution in [1.82, 2.24) is 34.3 Å². The Morgan fingerprint density at radius 3 is 2.64 bits per heavy atom. The van der Waals surface area contributed by atoms with Crippen LogP contribution in [0.1, 0.15) is 74.0 Å². The van der Waals surface area contributed by atoms with Crippen molar-refractivity contribution in [3.05, 3.63) is 53.2 Å². The number of nitrogens with zero attached hydrogens (tertiary/aromatic N) is 6. The zero-order valence-corrected chi connectivity index (χ0v) is 23.4. The molecule has 0 spiro atoms. The monoisotopic (exact) mass is 552 g/mol. The van der Waals surface area contributed by atoms with Crippen molar-refractivity contribution in [2.45, 2.75) is 75.4 Å². The summed E-state index contributed by atoms with van der Waals surface area (Å²) in [5, 5.41) is 17.7. The van der Waals surface area contributed by atoms with Gasteiger partial charge in [0, 0.05) is 48.2 Å². The molecule has 1 fully saturated rings. The van der Waals surface area contributed by atoms with Crippen molar-refractivity contribution in [2.75, 3.05) is 11.9 Å². The lowest BCUT2D eigenvalue weighted by atomic mass is 9.84. The third-order valence-corrected chi connectivity index (χ3v) is 8.97. The molecule has 1 unspecified atom stereocenters. The van der Waals surface area contributed by atoms with E-state index in [4.69, 9.17) is 4.98 Å². The molecular weight excluding hydrogens is 519 g/mol. The fourth-order valence-electron chi connectivity index (χ4n) is 5.44. The summed E-state index contributed by atoms with van der Waals surface area (Å²) in [5.74, 6) is 1.68. The van der Waals surface area contributed by atoms with Crippen LogP contribution in [0, 0.1) is 6.92 Å². The molecule has 39 heavy (non-hydrogen) atoms. The van der Waals surface area contributed by atoms with Crippen LogP contribution in [-0.2, 0) is 23.5 Å². The first kappa shape index (κ1) is 25.9. The summed E-state index contributed by atoms with van der Waals surface area (Å²) in [7, 11) is -2.16. The number of rotatable bonds is 8. The van der Waals surface area contributed by atoms with E-state index in [0.717, 1.165) is 65.8 Å². The van der Waals surface area contributed by atoms with Gasteiger partial charge in [-0.2, -0.15) is 5.10 Å². The van der Waals surface area contributed by atoms with Crippen LogP contribution in [0.4, 0.5) is 16.2 Å². The van der Waals surface area contributed by atoms with E-state index in [1.165, 1.54) is 13.8 Å². The number of aryl methyl sites for hydroxylation is 3. The first-order chi connectivity index (χ1) is 18.5. The van der Waals surface area contributed by atoms with Crippen molar-refractivity contribution >= 4 is 32.6 Å². The molecule has 1 aromatic carbocycles. The molecule has 0 bridgehead atoms. The summed E-state index contributed by atoms with van der Waals surface area (Å²) >= 11 is 0. The lowest BCUT2D eigenvalue weighted by molar-refractivity contribution is 0.221. The third kappa shape index (κ3) is 5.03. The second kappa shape index (κ2) is 9.37. The predicted octanol–water partition coefficient (Wildman–Crippen LogP) is 4.44. The van der Waals surface area contributed by atoms with Gasteiger partial charge in [-0.05, 0) is 76.1 Å². The third-order valence-electron chi connectivity index (χ3n) is 7.53. The maximum atomic E-state index is 14.3. The first-order valence-corrected chi connectivity index (χ1v) is 14.8. The highest BCUT2D eigenvalue weighted by Crippen LogP contribution is 2.44. The Balaban J connectivity index is 1.48. The molecule has 3 aromatic heterocycles. The minimum absolute atomic E-state index is 0.154. The Labute approximate surface area is 227 Å². The van der Waals surface area contributed by atoms with Gasteiger partial charge in [-0.15, -0.1) is 10.2 Å². The molecule has 1 saturated carbocycles. The highest BCUT2D eigenvalue weighted by atomic mass is 32.2. The van der Waals surface area contributed by atoms with E-state index in [9.17, 15) is 12.8 Å². The van der Waals surface area contributed by atoms with Crippen LogP contribution in [-0.4, -0.2) is 50.2 Å². The SMILES string of the molecule is Cc1cc(Nc2nncn2C2CCCc3c2cc(S(=O)(=O)NCC(C)(C)F)c2cc(C4CC4)ncc32)n(C)n1. The van der Waals surface area contributed by atoms with Crippen molar-refractivity contribution in [1.29, 1.82) is 0 Å². The zero-order chi connectivity index (χ0) is 27.5. The molecular formula is C27H33FN8O2S. The van der Waals surface area contributed by atoms with Gasteiger partial charge >= 0.3 is 0 Å². The predicted molar refractivity (Wildman–Crippen MR) is 146 cm³/mol. The highest BCUT2D eigenvalue weighted by Gasteiger charge is 2.32. The van der Waals surface area contributed by atoms with Crippen molar-refractivity contribution < 1.29 is 12.8 Å². The van der Waals surface area contributed by atoms with Crippen LogP contribution in [0.3, 0.4) is 0 Å². The van der Waals surface area contributed by atoms with Crippen LogP contribution in [0.25, 0.3) is 10.8 Å². The molecule has 2 N–H and O–H groups in total. The number of hydrogen-bond donors (Lipinski definition) is 2. The van der Waals surface area contributed by atoms with Gasteiger partial charge in [0.1, 0.15) is 17.8 Å². The fourth-order valence-corrected chi connectivity index (χ4v) is 6.87. The van der Waals surface area contributed by atoms with Gasteiger partial charge in [0.05, 0.1) is 16.6 Å². The molecule has 12 heteroatoms. The molecule has 0 aliphatic heterocycles. The van der Waals surface area contributed by atoms with Crippen LogP contribution in [0.5, 0.6) is 0 Å². The summed E-state index contributed by atoms with van der Waals surface area (Å²) in [6.07, 6.45) is 8.12. The van der Waals surface area contributed by atoms with E-state index in [2.05, 4.69) is 25.3 Å². The molecule has 1 atom stereocenters. The van der Waals surface area contributed by atoms with E-state index < -0.39 is 15.7 Å².